The van der Waals surface area contributed by atoms with E-state index in [1.807, 2.05) is 6.07 Å². The van der Waals surface area contributed by atoms with E-state index in [2.05, 4.69) is 44.3 Å². The summed E-state index contributed by atoms with van der Waals surface area (Å²) >= 11 is 0. The van der Waals surface area contributed by atoms with Crippen LogP contribution in [0.25, 0.3) is 20.9 Å². The molecule has 2 atom stereocenters. The van der Waals surface area contributed by atoms with Crippen molar-refractivity contribution >= 4 is 11.9 Å². The van der Waals surface area contributed by atoms with Gasteiger partial charge in [0.15, 0.2) is 23.1 Å². The fourth-order valence-electron chi connectivity index (χ4n) is 10.5. The zero-order valence-corrected chi connectivity index (χ0v) is 52.5. The average molecular weight is 1240 g/mol. The molecule has 0 fully saturated rings. The van der Waals surface area contributed by atoms with Crippen LogP contribution in [0.2, 0.25) is 0 Å². The van der Waals surface area contributed by atoms with Crippen LogP contribution in [0, 0.1) is 11.6 Å². The Kier molecular flexibility index (Phi) is 42.5. The van der Waals surface area contributed by atoms with E-state index in [-0.39, 0.29) is 86.3 Å². The number of carboxylic acid groups (broad SMARTS) is 1. The molecular formula is C65H93F2LiN8O13. The predicted octanol–water partition coefficient (Wildman–Crippen LogP) is 10.1. The van der Waals surface area contributed by atoms with Crippen molar-refractivity contribution in [3.8, 4) is 11.5 Å². The molecule has 0 amide bonds. The number of hydrogen-bond acceptors (Lipinski definition) is 16. The zero-order chi connectivity index (χ0) is 61.8. The van der Waals surface area contributed by atoms with Gasteiger partial charge in [-0.05, 0) is 171 Å². The summed E-state index contributed by atoms with van der Waals surface area (Å²) in [5, 5.41) is 16.2. The van der Waals surface area contributed by atoms with E-state index >= 15 is 0 Å². The zero-order valence-electron chi connectivity index (χ0n) is 52.5. The van der Waals surface area contributed by atoms with Crippen LogP contribution >= 0.6 is 0 Å². The summed E-state index contributed by atoms with van der Waals surface area (Å²) in [7, 11) is 1.38. The van der Waals surface area contributed by atoms with Crippen LogP contribution < -0.4 is 28.3 Å². The Morgan fingerprint density at radius 1 is 0.528 bits per heavy atom. The maximum Gasteiger partial charge on any atom is 1.00 e. The Morgan fingerprint density at radius 2 is 0.910 bits per heavy atom. The number of unbranched alkanes of at least 4 members (excludes halogenated alkanes) is 6. The van der Waals surface area contributed by atoms with Gasteiger partial charge >= 0.3 is 30.8 Å². The van der Waals surface area contributed by atoms with Gasteiger partial charge in [0.2, 0.25) is 0 Å². The van der Waals surface area contributed by atoms with Crippen LogP contribution in [0.4, 0.5) is 8.78 Å². The number of aromatic nitrogens is 2. The van der Waals surface area contributed by atoms with Crippen molar-refractivity contribution in [3.05, 3.63) is 138 Å². The molecule has 0 saturated heterocycles. The SMILES string of the molecule is COC(=O)C[C@H](CCCCCCc1ccc2c(n1)CCCC2)c1ccc(OCCOCCOCCOCCN=[N+]=[N-])c(F)c1.[Li+].[N-]=[N+]=NCCOCCOCCOCCOc1ccc([C@@H](CCCCCCc2ccc3c(n2)CCCC3)CC(=O)O)cc1F.[OH-]. The van der Waals surface area contributed by atoms with E-state index in [4.69, 9.17) is 63.7 Å². The number of fused-ring (bicyclic) bond motifs is 2. The third-order valence-corrected chi connectivity index (χ3v) is 15.1. The third-order valence-electron chi connectivity index (χ3n) is 15.1. The molecule has 0 spiro atoms. The number of rotatable bonds is 46. The number of nitrogens with zero attached hydrogens (tertiary/aromatic N) is 8. The van der Waals surface area contributed by atoms with Gasteiger partial charge in [0.1, 0.15) is 13.2 Å². The first kappa shape index (κ1) is 77.3. The Morgan fingerprint density at radius 3 is 1.30 bits per heavy atom. The molecule has 2 N–H and O–H groups in total. The number of aryl methyl sites for hydroxylation is 6. The van der Waals surface area contributed by atoms with Crippen LogP contribution in [0.3, 0.4) is 0 Å². The summed E-state index contributed by atoms with van der Waals surface area (Å²) in [6, 6.07) is 18.5. The van der Waals surface area contributed by atoms with Gasteiger partial charge in [0.05, 0.1) is 99.2 Å². The molecule has 21 nitrogen and oxygen atoms in total. The Labute approximate surface area is 535 Å². The number of azide groups is 2. The number of methoxy groups -OCH3 is 1. The third kappa shape index (κ3) is 33.1. The fraction of sp³-hybridized carbons (Fsp3) is 0.631. The summed E-state index contributed by atoms with van der Waals surface area (Å²) < 4.78 is 77.8. The van der Waals surface area contributed by atoms with Crippen molar-refractivity contribution in [2.24, 2.45) is 10.2 Å². The van der Waals surface area contributed by atoms with E-state index in [0.29, 0.717) is 97.7 Å². The van der Waals surface area contributed by atoms with Crippen molar-refractivity contribution in [1.29, 1.82) is 0 Å². The van der Waals surface area contributed by atoms with E-state index in [1.54, 1.807) is 18.2 Å². The number of benzene rings is 2. The van der Waals surface area contributed by atoms with E-state index in [1.165, 1.54) is 78.8 Å². The quantitative estimate of drug-likeness (QED) is 0.0107. The second-order valence-corrected chi connectivity index (χ2v) is 21.6. The number of carbonyl (C=O) groups excluding carboxylic acids is 1. The van der Waals surface area contributed by atoms with Crippen LogP contribution in [-0.4, -0.2) is 145 Å². The summed E-state index contributed by atoms with van der Waals surface area (Å²) in [6.45, 7) is 5.42. The summed E-state index contributed by atoms with van der Waals surface area (Å²) in [5.41, 5.74) is 25.5. The number of aliphatic carboxylic acids is 1. The number of hydrogen-bond donors (Lipinski definition) is 1. The number of ether oxygens (including phenoxy) is 9. The normalized spacial score (nSPS) is 12.9. The minimum atomic E-state index is -0.886. The molecule has 2 aliphatic rings. The first-order chi connectivity index (χ1) is 42.7. The molecule has 2 aromatic heterocycles. The Bertz CT molecular complexity index is 2710. The van der Waals surface area contributed by atoms with Crippen molar-refractivity contribution in [1.82, 2.24) is 9.97 Å². The molecule has 24 heteroatoms. The number of carboxylic acids is 1. The van der Waals surface area contributed by atoms with Crippen molar-refractivity contribution in [2.45, 2.75) is 153 Å². The van der Waals surface area contributed by atoms with Crippen molar-refractivity contribution < 1.29 is 90.4 Å². The van der Waals surface area contributed by atoms with Gasteiger partial charge in [0.25, 0.3) is 0 Å². The molecule has 6 rings (SSSR count). The standard InChI is InChI=1S/C33H47FN4O6.C32H45FN4O6.Li.H2O/c1-40-33(39)25-27(9-4-2-3-5-10-29-14-12-26-8-6-7-11-31(26)37-29)28-13-15-32(30(34)24-28)44-23-22-43-21-20-42-19-18-41-17-16-36-38-35;33-29-23-27(12-14-31(29)43-22-21-42-20-19-41-18-17-40-16-15-35-37-34)26(24-32(38)39)8-3-1-2-4-9-28-13-11-25-7-5-6-10-30(25)36-28;;/h12-15,24,27H,2-11,16-23,25H2,1H3;11-14,23,26H,1-10,15-22,24H2,(H,38,39);;1H2/q;;+1;/p-1/t27-;26-;;/m00../s1. The first-order valence-electron chi connectivity index (χ1n) is 31.2. The maximum absolute atomic E-state index is 14.9. The van der Waals surface area contributed by atoms with Gasteiger partial charge in [-0.1, -0.05) is 73.0 Å². The molecule has 89 heavy (non-hydrogen) atoms. The predicted molar refractivity (Wildman–Crippen MR) is 328 cm³/mol. The average Bonchev–Trinajstić information content (AvgIpc) is 3.65. The first-order valence-corrected chi connectivity index (χ1v) is 31.2. The van der Waals surface area contributed by atoms with E-state index in [0.717, 1.165) is 102 Å². The monoisotopic (exact) mass is 1240 g/mol. The maximum atomic E-state index is 14.9. The second kappa shape index (κ2) is 48.9. The molecule has 0 saturated carbocycles. The second-order valence-electron chi connectivity index (χ2n) is 21.6. The van der Waals surface area contributed by atoms with E-state index < -0.39 is 17.6 Å². The minimum Gasteiger partial charge on any atom is -0.870 e. The fourth-order valence-corrected chi connectivity index (χ4v) is 10.5. The molecule has 486 valence electrons. The molecule has 2 heterocycles. The Balaban J connectivity index is 0.000000455. The van der Waals surface area contributed by atoms with Crippen molar-refractivity contribution in [3.63, 3.8) is 0 Å². The molecule has 0 radical (unpaired) electrons. The van der Waals surface area contributed by atoms with Gasteiger partial charge in [-0.2, -0.15) is 0 Å². The molecule has 2 aliphatic carbocycles. The van der Waals surface area contributed by atoms with Crippen LogP contribution in [-0.2, 0) is 81.3 Å². The molecular weight excluding hydrogens is 1150 g/mol. The Hall–Kier alpha value is -5.92. The molecule has 0 aliphatic heterocycles. The van der Waals surface area contributed by atoms with Gasteiger partial charge in [-0.25, -0.2) is 8.78 Å². The van der Waals surface area contributed by atoms with Gasteiger partial charge in [-0.3, -0.25) is 19.6 Å². The smallest absolute Gasteiger partial charge is 0.870 e. The van der Waals surface area contributed by atoms with Crippen molar-refractivity contribution in [2.75, 3.05) is 113 Å². The summed E-state index contributed by atoms with van der Waals surface area (Å²) in [4.78, 5) is 38.6. The van der Waals surface area contributed by atoms with Crippen LogP contribution in [0.1, 0.15) is 160 Å². The van der Waals surface area contributed by atoms with Gasteiger partial charge in [-0.15, -0.1) is 0 Å². The summed E-state index contributed by atoms with van der Waals surface area (Å²) in [6.07, 6.45) is 21.3. The molecule has 0 bridgehead atoms. The molecule has 4 aromatic rings. The minimum absolute atomic E-state index is 0. The van der Waals surface area contributed by atoms with Crippen LogP contribution in [0.5, 0.6) is 11.5 Å². The van der Waals surface area contributed by atoms with Gasteiger partial charge < -0.3 is 53.2 Å². The van der Waals surface area contributed by atoms with Crippen LogP contribution in [0.15, 0.2) is 70.9 Å². The molecule has 2 aromatic carbocycles. The number of pyridine rings is 2. The number of esters is 1. The van der Waals surface area contributed by atoms with Gasteiger partial charge in [0, 0.05) is 45.7 Å². The number of halogens is 2. The molecule has 0 unspecified atom stereocenters. The summed E-state index contributed by atoms with van der Waals surface area (Å²) in [5.74, 6) is -2.24. The largest absolute Gasteiger partial charge is 1.00 e. The topological polar surface area (TPSA) is 291 Å². The number of carbonyl (C=O) groups is 2. The van der Waals surface area contributed by atoms with E-state index in [9.17, 15) is 23.5 Å².